The lowest BCUT2D eigenvalue weighted by Crippen LogP contribution is -2.28. The van der Waals surface area contributed by atoms with Gasteiger partial charge in [-0.1, -0.05) is 49.6 Å². The summed E-state index contributed by atoms with van der Waals surface area (Å²) in [4.78, 5) is 12.8. The van der Waals surface area contributed by atoms with Crippen molar-refractivity contribution in [2.45, 2.75) is 49.5 Å². The molecule has 0 radical (unpaired) electrons. The number of ether oxygens (including phenoxy) is 3. The first-order chi connectivity index (χ1) is 15.9. The molecule has 1 aliphatic rings. The van der Waals surface area contributed by atoms with E-state index in [2.05, 4.69) is 0 Å². The van der Waals surface area contributed by atoms with E-state index in [9.17, 15) is 13.2 Å². The smallest absolute Gasteiger partial charge is 0.338 e. The molecule has 2 aromatic rings. The lowest BCUT2D eigenvalue weighted by Gasteiger charge is -2.29. The Bertz CT molecular complexity index is 1040. The van der Waals surface area contributed by atoms with Crippen LogP contribution in [0.2, 0.25) is 0 Å². The highest BCUT2D eigenvalue weighted by atomic mass is 32.2. The number of hydrogen-bond acceptors (Lipinski definition) is 6. The van der Waals surface area contributed by atoms with Crippen LogP contribution in [0.15, 0.2) is 65.6 Å². The zero-order valence-electron chi connectivity index (χ0n) is 19.2. The highest BCUT2D eigenvalue weighted by Gasteiger charge is 2.26. The zero-order valence-corrected chi connectivity index (χ0v) is 20.1. The quantitative estimate of drug-likeness (QED) is 0.348. The predicted molar refractivity (Wildman–Crippen MR) is 128 cm³/mol. The number of hydrogen-bond donors (Lipinski definition) is 0. The van der Waals surface area contributed by atoms with Gasteiger partial charge in [-0.05, 0) is 43.0 Å². The van der Waals surface area contributed by atoms with Gasteiger partial charge in [0.1, 0.15) is 6.10 Å². The summed E-state index contributed by atoms with van der Waals surface area (Å²) in [7, 11) is -0.566. The molecular weight excluding hydrogens is 440 g/mol. The van der Waals surface area contributed by atoms with Gasteiger partial charge in [-0.15, -0.1) is 0 Å². The maximum Gasteiger partial charge on any atom is 0.338 e. The first-order valence-electron chi connectivity index (χ1n) is 11.3. The van der Waals surface area contributed by atoms with E-state index in [0.717, 1.165) is 25.7 Å². The number of sulfone groups is 1. The Morgan fingerprint density at radius 3 is 2.33 bits per heavy atom. The third kappa shape index (κ3) is 6.84. The van der Waals surface area contributed by atoms with E-state index < -0.39 is 9.84 Å². The van der Waals surface area contributed by atoms with Crippen LogP contribution >= 0.6 is 0 Å². The topological polar surface area (TPSA) is 78.9 Å². The van der Waals surface area contributed by atoms with Gasteiger partial charge in [-0.25, -0.2) is 13.2 Å². The van der Waals surface area contributed by atoms with Crippen molar-refractivity contribution in [2.24, 2.45) is 5.92 Å². The molecular formula is C26H32O6S. The summed E-state index contributed by atoms with van der Waals surface area (Å²) in [6.45, 7) is 0. The van der Waals surface area contributed by atoms with Gasteiger partial charge >= 0.3 is 5.97 Å². The summed E-state index contributed by atoms with van der Waals surface area (Å²) in [5.74, 6) is 0.651. The summed E-state index contributed by atoms with van der Waals surface area (Å²) >= 11 is 0. The number of rotatable bonds is 10. The average molecular weight is 473 g/mol. The Morgan fingerprint density at radius 1 is 0.970 bits per heavy atom. The minimum atomic E-state index is -3.54. The van der Waals surface area contributed by atoms with E-state index >= 15 is 0 Å². The van der Waals surface area contributed by atoms with E-state index in [4.69, 9.17) is 14.2 Å². The van der Waals surface area contributed by atoms with E-state index in [1.54, 1.807) is 24.3 Å². The highest BCUT2D eigenvalue weighted by Crippen LogP contribution is 2.31. The number of carbonyl (C=O) groups excluding carboxylic acids is 1. The normalized spacial score (nSPS) is 15.8. The molecule has 2 aromatic carbocycles. The number of benzene rings is 2. The standard InChI is InChI=1S/C26H32O6S/c1-30-24-17-16-22(19-25(24)31-2)33(28,29)18-10-9-15-23(20-11-5-3-6-12-20)32-26(27)21-13-7-4-8-14-21/h4,7-10,13-14,16-17,19-20,23H,3,5-6,11-12,15,18H2,1-2H3/b10-9+. The minimum Gasteiger partial charge on any atom is -0.493 e. The fraction of sp³-hybridized carbons (Fsp3) is 0.423. The van der Waals surface area contributed by atoms with Crippen molar-refractivity contribution in [1.29, 1.82) is 0 Å². The van der Waals surface area contributed by atoms with Crippen molar-refractivity contribution in [3.8, 4) is 11.5 Å². The second-order valence-electron chi connectivity index (χ2n) is 8.21. The molecule has 1 aliphatic carbocycles. The molecule has 0 N–H and O–H groups in total. The van der Waals surface area contributed by atoms with Crippen molar-refractivity contribution in [1.82, 2.24) is 0 Å². The molecule has 33 heavy (non-hydrogen) atoms. The Morgan fingerprint density at radius 2 is 1.67 bits per heavy atom. The summed E-state index contributed by atoms with van der Waals surface area (Å²) in [6, 6.07) is 13.5. The van der Waals surface area contributed by atoms with Crippen molar-refractivity contribution in [3.63, 3.8) is 0 Å². The molecule has 7 heteroatoms. The molecule has 0 amide bonds. The first-order valence-corrected chi connectivity index (χ1v) is 13.0. The maximum absolute atomic E-state index is 12.8. The van der Waals surface area contributed by atoms with Crippen LogP contribution in [0, 0.1) is 5.92 Å². The van der Waals surface area contributed by atoms with Crippen LogP contribution in [0.25, 0.3) is 0 Å². The Labute approximate surface area is 196 Å². The summed E-state index contributed by atoms with van der Waals surface area (Å²) in [5, 5.41) is 0. The third-order valence-electron chi connectivity index (χ3n) is 6.01. The van der Waals surface area contributed by atoms with Crippen molar-refractivity contribution >= 4 is 15.8 Å². The molecule has 0 heterocycles. The molecule has 0 aromatic heterocycles. The van der Waals surface area contributed by atoms with Crippen LogP contribution in [0.1, 0.15) is 48.9 Å². The van der Waals surface area contributed by atoms with Gasteiger partial charge in [-0.3, -0.25) is 0 Å². The minimum absolute atomic E-state index is 0.146. The van der Waals surface area contributed by atoms with Crippen LogP contribution in [-0.2, 0) is 14.6 Å². The van der Waals surface area contributed by atoms with Crippen molar-refractivity contribution in [3.05, 3.63) is 66.2 Å². The van der Waals surface area contributed by atoms with E-state index in [1.807, 2.05) is 24.3 Å². The first kappa shape index (κ1) is 24.8. The summed E-state index contributed by atoms with van der Waals surface area (Å²) in [6.07, 6.45) is 9.17. The molecule has 3 rings (SSSR count). The fourth-order valence-corrected chi connectivity index (χ4v) is 5.30. The highest BCUT2D eigenvalue weighted by molar-refractivity contribution is 7.91. The summed E-state index contributed by atoms with van der Waals surface area (Å²) in [5.41, 5.74) is 0.526. The van der Waals surface area contributed by atoms with Crippen LogP contribution in [0.5, 0.6) is 11.5 Å². The molecule has 1 fully saturated rings. The van der Waals surface area contributed by atoms with Crippen molar-refractivity contribution < 1.29 is 27.4 Å². The lowest BCUT2D eigenvalue weighted by molar-refractivity contribution is 0.00877. The van der Waals surface area contributed by atoms with Gasteiger partial charge in [0.2, 0.25) is 0 Å². The molecule has 0 aliphatic heterocycles. The average Bonchev–Trinajstić information content (AvgIpc) is 2.86. The fourth-order valence-electron chi connectivity index (χ4n) is 4.15. The van der Waals surface area contributed by atoms with E-state index in [1.165, 1.54) is 32.8 Å². The second kappa shape index (κ2) is 11.9. The molecule has 1 unspecified atom stereocenters. The molecule has 178 valence electrons. The van der Waals surface area contributed by atoms with Crippen LogP contribution in [0.4, 0.5) is 0 Å². The predicted octanol–water partition coefficient (Wildman–Crippen LogP) is 5.23. The Kier molecular flexibility index (Phi) is 8.95. The van der Waals surface area contributed by atoms with Gasteiger partial charge in [-0.2, -0.15) is 0 Å². The second-order valence-corrected chi connectivity index (χ2v) is 10.2. The molecule has 0 spiro atoms. The van der Waals surface area contributed by atoms with Gasteiger partial charge in [0.05, 0.1) is 30.4 Å². The van der Waals surface area contributed by atoms with Crippen LogP contribution in [-0.4, -0.2) is 40.5 Å². The zero-order chi connectivity index (χ0) is 23.7. The molecule has 1 saturated carbocycles. The molecule has 0 saturated heterocycles. The lowest BCUT2D eigenvalue weighted by atomic mass is 9.84. The maximum atomic E-state index is 12.8. The van der Waals surface area contributed by atoms with E-state index in [-0.39, 0.29) is 22.7 Å². The van der Waals surface area contributed by atoms with Gasteiger partial charge in [0.25, 0.3) is 0 Å². The summed E-state index contributed by atoms with van der Waals surface area (Å²) < 4.78 is 41.8. The molecule has 1 atom stereocenters. The molecule has 6 nitrogen and oxygen atoms in total. The number of methoxy groups -OCH3 is 2. The van der Waals surface area contributed by atoms with Gasteiger partial charge in [0, 0.05) is 12.5 Å². The van der Waals surface area contributed by atoms with Crippen molar-refractivity contribution in [2.75, 3.05) is 20.0 Å². The Hall–Kier alpha value is -2.80. The number of carbonyl (C=O) groups is 1. The van der Waals surface area contributed by atoms with Gasteiger partial charge in [0.15, 0.2) is 21.3 Å². The van der Waals surface area contributed by atoms with Crippen LogP contribution < -0.4 is 9.47 Å². The monoisotopic (exact) mass is 472 g/mol. The third-order valence-corrected chi connectivity index (χ3v) is 7.61. The molecule has 0 bridgehead atoms. The van der Waals surface area contributed by atoms with E-state index in [0.29, 0.717) is 29.4 Å². The number of esters is 1. The Balaban J connectivity index is 1.66. The van der Waals surface area contributed by atoms with Gasteiger partial charge < -0.3 is 14.2 Å². The SMILES string of the molecule is COc1ccc(S(=O)(=O)C/C=C/CC(OC(=O)c2ccccc2)C2CCCCC2)cc1OC. The largest absolute Gasteiger partial charge is 0.493 e. The van der Waals surface area contributed by atoms with Crippen LogP contribution in [0.3, 0.4) is 0 Å².